The molecule has 4 N–H and O–H groups in total. The third-order valence-electron chi connectivity index (χ3n) is 5.33. The molecule has 6 atom stereocenters. The topological polar surface area (TPSA) is 169 Å². The summed E-state index contributed by atoms with van der Waals surface area (Å²) in [5.74, 6) is -2.44. The summed E-state index contributed by atoms with van der Waals surface area (Å²) in [7, 11) is 0. The number of rotatable bonds is 7. The first kappa shape index (κ1) is 24.8. The second-order valence-electron chi connectivity index (χ2n) is 7.71. The molecule has 0 bridgehead atoms. The highest BCUT2D eigenvalue weighted by Crippen LogP contribution is 2.29. The molecule has 0 spiro atoms. The lowest BCUT2D eigenvalue weighted by atomic mass is 9.90. The molecule has 0 aromatic heterocycles. The van der Waals surface area contributed by atoms with E-state index >= 15 is 0 Å². The van der Waals surface area contributed by atoms with Gasteiger partial charge in [-0.25, -0.2) is 4.79 Å². The van der Waals surface area contributed by atoms with Crippen molar-refractivity contribution >= 4 is 17.7 Å². The van der Waals surface area contributed by atoms with Crippen molar-refractivity contribution in [1.29, 1.82) is 0 Å². The molecule has 1 aliphatic heterocycles. The molecular formula is C22H26O11. The number of aliphatic hydroxyl groups is 4. The Labute approximate surface area is 189 Å². The molecule has 1 fully saturated rings. The van der Waals surface area contributed by atoms with Gasteiger partial charge in [-0.05, 0) is 18.6 Å². The van der Waals surface area contributed by atoms with Crippen molar-refractivity contribution in [3.05, 3.63) is 42.0 Å². The molecule has 1 saturated heterocycles. The highest BCUT2D eigenvalue weighted by molar-refractivity contribution is 6.09. The van der Waals surface area contributed by atoms with Crippen LogP contribution in [0, 0.1) is 0 Å². The first-order valence-electron chi connectivity index (χ1n) is 10.3. The van der Waals surface area contributed by atoms with Gasteiger partial charge in [0.1, 0.15) is 24.6 Å². The highest BCUT2D eigenvalue weighted by atomic mass is 16.7. The van der Waals surface area contributed by atoms with Gasteiger partial charge >= 0.3 is 11.9 Å². The number of para-hydroxylation sites is 1. The van der Waals surface area contributed by atoms with Crippen molar-refractivity contribution in [3.8, 4) is 5.75 Å². The van der Waals surface area contributed by atoms with E-state index in [1.54, 1.807) is 18.2 Å². The maximum atomic E-state index is 12.4. The van der Waals surface area contributed by atoms with Crippen LogP contribution in [-0.2, 0) is 35.2 Å². The molecule has 2 aliphatic rings. The van der Waals surface area contributed by atoms with Crippen molar-refractivity contribution < 1.29 is 53.8 Å². The van der Waals surface area contributed by atoms with Crippen LogP contribution in [0.4, 0.5) is 0 Å². The van der Waals surface area contributed by atoms with E-state index in [4.69, 9.17) is 18.9 Å². The molecule has 11 heteroatoms. The maximum absolute atomic E-state index is 12.4. The van der Waals surface area contributed by atoms with Gasteiger partial charge in [-0.15, -0.1) is 0 Å². The minimum Gasteiger partial charge on any atom is -0.462 e. The lowest BCUT2D eigenvalue weighted by molar-refractivity contribution is -0.281. The third kappa shape index (κ3) is 5.40. The summed E-state index contributed by atoms with van der Waals surface area (Å²) in [6.45, 7) is 0.0914. The van der Waals surface area contributed by atoms with Gasteiger partial charge in [-0.2, -0.15) is 0 Å². The van der Waals surface area contributed by atoms with Crippen LogP contribution >= 0.6 is 0 Å². The zero-order valence-corrected chi connectivity index (χ0v) is 17.8. The van der Waals surface area contributed by atoms with Crippen LogP contribution in [-0.4, -0.2) is 81.1 Å². The number of Topliss-reactive ketones (excluding diaryl/α,β-unsaturated/α-hetero) is 1. The number of carbonyl (C=O) groups excluding carboxylic acids is 3. The largest absolute Gasteiger partial charge is 0.462 e. The van der Waals surface area contributed by atoms with E-state index in [9.17, 15) is 34.8 Å². The Kier molecular flexibility index (Phi) is 7.82. The summed E-state index contributed by atoms with van der Waals surface area (Å²) >= 11 is 0. The van der Waals surface area contributed by atoms with Crippen LogP contribution in [0.1, 0.15) is 25.3 Å². The van der Waals surface area contributed by atoms with E-state index in [1.165, 1.54) is 12.1 Å². The van der Waals surface area contributed by atoms with E-state index in [-0.39, 0.29) is 18.8 Å². The quantitative estimate of drug-likeness (QED) is 0.224. The van der Waals surface area contributed by atoms with E-state index in [1.807, 2.05) is 0 Å². The van der Waals surface area contributed by atoms with Gasteiger partial charge in [0.15, 0.2) is 18.0 Å². The number of benzene rings is 1. The average Bonchev–Trinajstić information content (AvgIpc) is 2.79. The van der Waals surface area contributed by atoms with Crippen LogP contribution in [0.25, 0.3) is 0 Å². The van der Waals surface area contributed by atoms with E-state index in [0.29, 0.717) is 12.0 Å². The predicted molar refractivity (Wildman–Crippen MR) is 109 cm³/mol. The van der Waals surface area contributed by atoms with Gasteiger partial charge in [0.25, 0.3) is 0 Å². The molecule has 180 valence electrons. The first-order valence-corrected chi connectivity index (χ1v) is 10.3. The third-order valence-corrected chi connectivity index (χ3v) is 5.33. The number of ether oxygens (including phenoxy) is 4. The van der Waals surface area contributed by atoms with Gasteiger partial charge in [0.05, 0.1) is 6.61 Å². The fourth-order valence-electron chi connectivity index (χ4n) is 3.53. The Morgan fingerprint density at radius 2 is 1.94 bits per heavy atom. The van der Waals surface area contributed by atoms with Crippen LogP contribution in [0.2, 0.25) is 0 Å². The van der Waals surface area contributed by atoms with Crippen LogP contribution in [0.3, 0.4) is 0 Å². The Hall–Kier alpha value is -2.83. The SMILES string of the molecule is CC(=O)O[C@@H]1[C@@H](O)[C@H](Oc2ccccc2COC(=O)[C@]2(O)C=CCCC2=O)O[C@H](CO)[C@H]1O. The van der Waals surface area contributed by atoms with Crippen LogP contribution < -0.4 is 4.74 Å². The number of allylic oxidation sites excluding steroid dienone is 1. The minimum absolute atomic E-state index is 0.0140. The molecule has 11 nitrogen and oxygen atoms in total. The van der Waals surface area contributed by atoms with Crippen LogP contribution in [0.5, 0.6) is 5.75 Å². The first-order chi connectivity index (χ1) is 15.7. The monoisotopic (exact) mass is 466 g/mol. The van der Waals surface area contributed by atoms with Crippen molar-refractivity contribution in [1.82, 2.24) is 0 Å². The Balaban J connectivity index is 1.74. The fraction of sp³-hybridized carbons (Fsp3) is 0.500. The molecule has 0 saturated carbocycles. The molecule has 1 aromatic rings. The maximum Gasteiger partial charge on any atom is 0.350 e. The summed E-state index contributed by atoms with van der Waals surface area (Å²) in [5.41, 5.74) is -2.04. The summed E-state index contributed by atoms with van der Waals surface area (Å²) < 4.78 is 21.2. The Morgan fingerprint density at radius 3 is 2.61 bits per heavy atom. The van der Waals surface area contributed by atoms with Gasteiger partial charge in [-0.3, -0.25) is 9.59 Å². The number of hydrogen-bond acceptors (Lipinski definition) is 11. The lowest BCUT2D eigenvalue weighted by Crippen LogP contribution is -2.61. The Bertz CT molecular complexity index is 913. The summed E-state index contributed by atoms with van der Waals surface area (Å²) in [5, 5.41) is 40.6. The summed E-state index contributed by atoms with van der Waals surface area (Å²) in [4.78, 5) is 35.7. The van der Waals surface area contributed by atoms with Crippen LogP contribution in [0.15, 0.2) is 36.4 Å². The zero-order chi connectivity index (χ0) is 24.2. The number of carbonyl (C=O) groups is 3. The van der Waals surface area contributed by atoms with E-state index < -0.39 is 60.6 Å². The molecule has 0 radical (unpaired) electrons. The normalized spacial score (nSPS) is 31.7. The standard InChI is InChI=1S/C22H26O11/c1-12(24)31-19-17(26)15(10-23)33-20(18(19)27)32-14-7-3-2-6-13(14)11-30-21(28)22(29)9-5-4-8-16(22)25/h2-3,5-7,9,15,17-20,23,26-27,29H,4,8,10-11H2,1H3/t15-,17-,18-,19+,20-,22+/m1/s1. The number of esters is 2. The second-order valence-corrected chi connectivity index (χ2v) is 7.71. The number of hydrogen-bond donors (Lipinski definition) is 4. The molecule has 3 rings (SSSR count). The van der Waals surface area contributed by atoms with E-state index in [2.05, 4.69) is 0 Å². The summed E-state index contributed by atoms with van der Waals surface area (Å²) in [6, 6.07) is 6.25. The molecular weight excluding hydrogens is 440 g/mol. The van der Waals surface area contributed by atoms with Crippen molar-refractivity contribution in [2.75, 3.05) is 6.61 Å². The molecule has 0 amide bonds. The fourth-order valence-corrected chi connectivity index (χ4v) is 3.53. The zero-order valence-electron chi connectivity index (χ0n) is 17.8. The molecule has 1 aliphatic carbocycles. The second kappa shape index (κ2) is 10.4. The molecule has 1 aromatic carbocycles. The molecule has 33 heavy (non-hydrogen) atoms. The highest BCUT2D eigenvalue weighted by Gasteiger charge is 2.48. The summed E-state index contributed by atoms with van der Waals surface area (Å²) in [6.07, 6.45) is -4.10. The Morgan fingerprint density at radius 1 is 1.21 bits per heavy atom. The van der Waals surface area contributed by atoms with Gasteiger partial charge in [-0.1, -0.05) is 24.3 Å². The smallest absolute Gasteiger partial charge is 0.350 e. The van der Waals surface area contributed by atoms with Gasteiger partial charge < -0.3 is 39.4 Å². The average molecular weight is 466 g/mol. The minimum atomic E-state index is -2.35. The predicted octanol–water partition coefficient (Wildman–Crippen LogP) is -0.870. The van der Waals surface area contributed by atoms with Crippen molar-refractivity contribution in [2.45, 2.75) is 62.7 Å². The van der Waals surface area contributed by atoms with Crippen molar-refractivity contribution in [2.24, 2.45) is 0 Å². The number of aliphatic hydroxyl groups excluding tert-OH is 3. The molecule has 0 unspecified atom stereocenters. The van der Waals surface area contributed by atoms with Gasteiger partial charge in [0, 0.05) is 18.9 Å². The van der Waals surface area contributed by atoms with Crippen molar-refractivity contribution in [3.63, 3.8) is 0 Å². The van der Waals surface area contributed by atoms with Gasteiger partial charge in [0.2, 0.25) is 11.9 Å². The molecule has 1 heterocycles. The van der Waals surface area contributed by atoms with E-state index in [0.717, 1.165) is 13.0 Å². The number of ketones is 1. The lowest BCUT2D eigenvalue weighted by Gasteiger charge is -2.41.